The number of carbonyl (C=O) groups is 1. The number of rotatable bonds is 14. The summed E-state index contributed by atoms with van der Waals surface area (Å²) in [6.07, 6.45) is 0.335. The standard InChI is InChI=1S/C21H35NO5S5Si/c1-7-25-33(26-8-2,27-9-3)14-10-11-22-21(23)24-12-13-28-18-17(6)31-20(32-18)19-29-15(4)16(5)30-19/h7-14H2,1-6H3,(H,22,23). The lowest BCUT2D eigenvalue weighted by molar-refractivity contribution is 0.0707. The van der Waals surface area contributed by atoms with Gasteiger partial charge in [0.25, 0.3) is 0 Å². The van der Waals surface area contributed by atoms with Crippen molar-refractivity contribution in [3.05, 3.63) is 27.4 Å². The summed E-state index contributed by atoms with van der Waals surface area (Å²) in [5, 5.41) is 2.82. The summed E-state index contributed by atoms with van der Waals surface area (Å²) in [4.78, 5) is 16.1. The van der Waals surface area contributed by atoms with Crippen LogP contribution in [0.3, 0.4) is 0 Å². The van der Waals surface area contributed by atoms with Crippen LogP contribution in [0.1, 0.15) is 48.0 Å². The molecule has 33 heavy (non-hydrogen) atoms. The summed E-state index contributed by atoms with van der Waals surface area (Å²) < 4.78 is 26.9. The van der Waals surface area contributed by atoms with E-state index in [0.717, 1.165) is 12.2 Å². The summed E-state index contributed by atoms with van der Waals surface area (Å²) in [7, 11) is -2.66. The Hall–Kier alpha value is 0.337. The molecule has 0 aromatic heterocycles. The summed E-state index contributed by atoms with van der Waals surface area (Å²) in [5.74, 6) is 0.738. The molecule has 2 aliphatic rings. The molecular formula is C21H35NO5S5Si. The number of nitrogens with one attached hydrogen (secondary N) is 1. The van der Waals surface area contributed by atoms with E-state index >= 15 is 0 Å². The maximum Gasteiger partial charge on any atom is 0.500 e. The van der Waals surface area contributed by atoms with Gasteiger partial charge in [0.2, 0.25) is 0 Å². The van der Waals surface area contributed by atoms with Gasteiger partial charge < -0.3 is 23.3 Å². The molecule has 0 aromatic rings. The second-order valence-electron chi connectivity index (χ2n) is 6.94. The third-order valence-corrected chi connectivity index (χ3v) is 14.8. The third-order valence-electron chi connectivity index (χ3n) is 4.44. The zero-order chi connectivity index (χ0) is 24.3. The smallest absolute Gasteiger partial charge is 0.449 e. The zero-order valence-corrected chi connectivity index (χ0v) is 25.3. The fraction of sp³-hybridized carbons (Fsp3) is 0.667. The summed E-state index contributed by atoms with van der Waals surface area (Å²) in [5.41, 5.74) is 0. The van der Waals surface area contributed by atoms with E-state index in [0.29, 0.717) is 39.0 Å². The van der Waals surface area contributed by atoms with Crippen molar-refractivity contribution >= 4 is 73.7 Å². The molecule has 0 radical (unpaired) electrons. The van der Waals surface area contributed by atoms with Gasteiger partial charge in [-0.15, -0.1) is 11.8 Å². The van der Waals surface area contributed by atoms with Crippen LogP contribution in [0.2, 0.25) is 6.04 Å². The monoisotopic (exact) mass is 569 g/mol. The Morgan fingerprint density at radius 3 is 2.00 bits per heavy atom. The Morgan fingerprint density at radius 2 is 1.42 bits per heavy atom. The Morgan fingerprint density at radius 1 is 0.879 bits per heavy atom. The maximum absolute atomic E-state index is 12.0. The van der Waals surface area contributed by atoms with Crippen LogP contribution < -0.4 is 5.32 Å². The van der Waals surface area contributed by atoms with E-state index in [9.17, 15) is 4.79 Å². The number of amides is 1. The van der Waals surface area contributed by atoms with Crippen molar-refractivity contribution in [3.8, 4) is 0 Å². The van der Waals surface area contributed by atoms with E-state index in [2.05, 4.69) is 26.1 Å². The normalized spacial score (nSPS) is 16.9. The van der Waals surface area contributed by atoms with E-state index in [4.69, 9.17) is 18.0 Å². The van der Waals surface area contributed by atoms with Crippen molar-refractivity contribution in [1.29, 1.82) is 0 Å². The van der Waals surface area contributed by atoms with E-state index in [1.54, 1.807) is 11.8 Å². The minimum Gasteiger partial charge on any atom is -0.449 e. The van der Waals surface area contributed by atoms with E-state index < -0.39 is 8.80 Å². The van der Waals surface area contributed by atoms with Gasteiger partial charge in [-0.05, 0) is 57.8 Å². The van der Waals surface area contributed by atoms with Gasteiger partial charge in [-0.1, -0.05) is 47.0 Å². The Balaban J connectivity index is 1.64. The predicted molar refractivity (Wildman–Crippen MR) is 150 cm³/mol. The topological polar surface area (TPSA) is 66.0 Å². The minimum absolute atomic E-state index is 0.378. The first-order valence-corrected chi connectivity index (χ1v) is 17.3. The molecule has 2 heterocycles. The average Bonchev–Trinajstić information content (AvgIpc) is 3.31. The van der Waals surface area contributed by atoms with Crippen LogP contribution in [0, 0.1) is 0 Å². The van der Waals surface area contributed by atoms with Gasteiger partial charge in [0.05, 0.1) is 12.7 Å². The van der Waals surface area contributed by atoms with E-state index in [1.165, 1.54) is 27.4 Å². The fourth-order valence-electron chi connectivity index (χ4n) is 2.91. The van der Waals surface area contributed by atoms with Crippen molar-refractivity contribution in [2.24, 2.45) is 0 Å². The van der Waals surface area contributed by atoms with E-state index in [-0.39, 0.29) is 6.09 Å². The number of allylic oxidation sites excluding steroid dienone is 3. The molecule has 0 unspecified atom stereocenters. The van der Waals surface area contributed by atoms with Crippen molar-refractivity contribution in [2.75, 3.05) is 38.7 Å². The molecule has 0 fully saturated rings. The molecule has 1 amide bonds. The van der Waals surface area contributed by atoms with Crippen LogP contribution in [0.5, 0.6) is 0 Å². The van der Waals surface area contributed by atoms with E-state index in [1.807, 2.05) is 67.8 Å². The van der Waals surface area contributed by atoms with Crippen molar-refractivity contribution in [3.63, 3.8) is 0 Å². The highest BCUT2D eigenvalue weighted by molar-refractivity contribution is 8.38. The number of ether oxygens (including phenoxy) is 1. The molecule has 0 saturated carbocycles. The van der Waals surface area contributed by atoms with Gasteiger partial charge in [0.1, 0.15) is 6.61 Å². The van der Waals surface area contributed by atoms with Crippen molar-refractivity contribution in [1.82, 2.24) is 5.32 Å². The molecule has 2 aliphatic heterocycles. The average molecular weight is 570 g/mol. The van der Waals surface area contributed by atoms with Gasteiger partial charge in [-0.25, -0.2) is 4.79 Å². The quantitative estimate of drug-likeness (QED) is 0.169. The molecule has 0 bridgehead atoms. The molecule has 0 spiro atoms. The second kappa shape index (κ2) is 15.4. The molecule has 188 valence electrons. The highest BCUT2D eigenvalue weighted by Crippen LogP contribution is 2.61. The summed E-state index contributed by atoms with van der Waals surface area (Å²) in [6.45, 7) is 14.9. The Labute approximate surface area is 220 Å². The van der Waals surface area contributed by atoms with Crippen LogP contribution in [-0.2, 0) is 18.0 Å². The van der Waals surface area contributed by atoms with Gasteiger partial charge in [-0.3, -0.25) is 0 Å². The van der Waals surface area contributed by atoms with Crippen LogP contribution in [-0.4, -0.2) is 53.6 Å². The maximum atomic E-state index is 12.0. The third kappa shape index (κ3) is 9.72. The molecule has 6 nitrogen and oxygen atoms in total. The zero-order valence-electron chi connectivity index (χ0n) is 20.2. The summed E-state index contributed by atoms with van der Waals surface area (Å²) >= 11 is 9.19. The minimum atomic E-state index is -2.66. The molecule has 0 atom stereocenters. The van der Waals surface area contributed by atoms with Crippen LogP contribution in [0.25, 0.3) is 0 Å². The van der Waals surface area contributed by atoms with Gasteiger partial charge in [0, 0.05) is 43.1 Å². The molecule has 0 aliphatic carbocycles. The number of thioether (sulfide) groups is 5. The van der Waals surface area contributed by atoms with Gasteiger partial charge in [-0.2, -0.15) is 0 Å². The lowest BCUT2D eigenvalue weighted by atomic mass is 10.5. The first kappa shape index (κ1) is 29.6. The number of hydrogen-bond donors (Lipinski definition) is 1. The number of hydrogen-bond acceptors (Lipinski definition) is 10. The summed E-state index contributed by atoms with van der Waals surface area (Å²) in [6, 6.07) is 0.671. The first-order chi connectivity index (χ1) is 15.8. The van der Waals surface area contributed by atoms with Crippen LogP contribution in [0.4, 0.5) is 4.79 Å². The molecule has 0 saturated heterocycles. The molecule has 0 aromatic carbocycles. The van der Waals surface area contributed by atoms with Crippen molar-refractivity contribution < 1.29 is 22.8 Å². The molecular weight excluding hydrogens is 535 g/mol. The lowest BCUT2D eigenvalue weighted by Gasteiger charge is -2.28. The largest absolute Gasteiger partial charge is 0.500 e. The van der Waals surface area contributed by atoms with Crippen LogP contribution >= 0.6 is 58.8 Å². The Bertz CT molecular complexity index is 741. The van der Waals surface area contributed by atoms with Crippen LogP contribution in [0.15, 0.2) is 27.4 Å². The second-order valence-corrected chi connectivity index (χ2v) is 16.2. The van der Waals surface area contributed by atoms with Gasteiger partial charge >= 0.3 is 14.9 Å². The highest BCUT2D eigenvalue weighted by atomic mass is 32.2. The predicted octanol–water partition coefficient (Wildman–Crippen LogP) is 7.41. The Kier molecular flexibility index (Phi) is 13.8. The molecule has 12 heteroatoms. The highest BCUT2D eigenvalue weighted by Gasteiger charge is 2.39. The first-order valence-electron chi connectivity index (χ1n) is 11.1. The molecule has 2 rings (SSSR count). The molecule has 1 N–H and O–H groups in total. The SMILES string of the molecule is CCO[Si](CCCNC(=O)OCCSC1=C(C)SC(=C2SC(C)=C(C)S2)S1)(OCC)OCC. The van der Waals surface area contributed by atoms with Gasteiger partial charge in [0.15, 0.2) is 0 Å². The lowest BCUT2D eigenvalue weighted by Crippen LogP contribution is -2.46. The fourth-order valence-corrected chi connectivity index (χ4v) is 12.3. The van der Waals surface area contributed by atoms with Crippen molar-refractivity contribution in [2.45, 2.75) is 54.0 Å². The number of carbonyl (C=O) groups excluding carboxylic acids is 1. The number of alkyl carbamates (subject to hydrolysis) is 1.